The fourth-order valence-corrected chi connectivity index (χ4v) is 3.49. The minimum atomic E-state index is -0.0269. The van der Waals surface area contributed by atoms with Crippen LogP contribution in [0.1, 0.15) is 38.5 Å². The van der Waals surface area contributed by atoms with Gasteiger partial charge in [-0.1, -0.05) is 19.3 Å². The van der Waals surface area contributed by atoms with E-state index < -0.39 is 0 Å². The van der Waals surface area contributed by atoms with E-state index in [0.29, 0.717) is 13.0 Å². The average Bonchev–Trinajstić information content (AvgIpc) is 3.22. The lowest BCUT2D eigenvalue weighted by molar-refractivity contribution is -0.123. The van der Waals surface area contributed by atoms with E-state index in [9.17, 15) is 4.79 Å². The van der Waals surface area contributed by atoms with Gasteiger partial charge in [0.2, 0.25) is 5.91 Å². The molecule has 0 atom stereocenters. The van der Waals surface area contributed by atoms with Gasteiger partial charge in [-0.2, -0.15) is 0 Å². The molecule has 1 aliphatic rings. The van der Waals surface area contributed by atoms with Gasteiger partial charge < -0.3 is 14.5 Å². The van der Waals surface area contributed by atoms with E-state index in [4.69, 9.17) is 0 Å². The number of amides is 1. The summed E-state index contributed by atoms with van der Waals surface area (Å²) in [7, 11) is 0. The van der Waals surface area contributed by atoms with Crippen LogP contribution in [-0.4, -0.2) is 26.6 Å². The van der Waals surface area contributed by atoms with Crippen LogP contribution >= 0.6 is 0 Å². The van der Waals surface area contributed by atoms with E-state index in [-0.39, 0.29) is 11.4 Å². The Bertz CT molecular complexity index is 568. The zero-order valence-corrected chi connectivity index (χ0v) is 12.9. The first-order valence-electron chi connectivity index (χ1n) is 8.14. The standard InChI is InChI=1S/C17H24N4O/c22-16(19-9-13-20-12-8-18-15-20)14-17(6-2-1-3-7-17)21-10-4-5-11-21/h4-5,8,10-12,15H,1-3,6-7,9,13-14H2,(H,19,22). The van der Waals surface area contributed by atoms with Gasteiger partial charge in [0.15, 0.2) is 0 Å². The van der Waals surface area contributed by atoms with Crippen LogP contribution in [0.2, 0.25) is 0 Å². The number of aromatic nitrogens is 3. The summed E-state index contributed by atoms with van der Waals surface area (Å²) in [5.41, 5.74) is -0.0269. The summed E-state index contributed by atoms with van der Waals surface area (Å²) >= 11 is 0. The van der Waals surface area contributed by atoms with Crippen molar-refractivity contribution in [1.82, 2.24) is 19.4 Å². The van der Waals surface area contributed by atoms with Crippen molar-refractivity contribution in [3.8, 4) is 0 Å². The maximum absolute atomic E-state index is 12.4. The molecule has 0 unspecified atom stereocenters. The summed E-state index contributed by atoms with van der Waals surface area (Å²) in [6.45, 7) is 1.42. The zero-order valence-electron chi connectivity index (χ0n) is 12.9. The molecule has 2 heterocycles. The van der Waals surface area contributed by atoms with Gasteiger partial charge >= 0.3 is 0 Å². The number of hydrogen-bond donors (Lipinski definition) is 1. The largest absolute Gasteiger partial charge is 0.354 e. The van der Waals surface area contributed by atoms with Crippen LogP contribution in [0.3, 0.4) is 0 Å². The van der Waals surface area contributed by atoms with Gasteiger partial charge in [0.25, 0.3) is 0 Å². The Kier molecular flexibility index (Phi) is 4.61. The lowest BCUT2D eigenvalue weighted by atomic mass is 9.78. The van der Waals surface area contributed by atoms with Gasteiger partial charge in [0, 0.05) is 37.9 Å². The summed E-state index contributed by atoms with van der Waals surface area (Å²) in [4.78, 5) is 16.4. The number of nitrogens with one attached hydrogen (secondary N) is 1. The van der Waals surface area contributed by atoms with E-state index in [2.05, 4.69) is 27.3 Å². The van der Waals surface area contributed by atoms with Crippen molar-refractivity contribution >= 4 is 5.91 Å². The van der Waals surface area contributed by atoms with E-state index in [1.54, 1.807) is 12.5 Å². The molecule has 5 nitrogen and oxygen atoms in total. The first kappa shape index (κ1) is 14.9. The van der Waals surface area contributed by atoms with Gasteiger partial charge in [-0.05, 0) is 25.0 Å². The highest BCUT2D eigenvalue weighted by Crippen LogP contribution is 2.37. The molecule has 1 aliphatic carbocycles. The van der Waals surface area contributed by atoms with Crippen LogP contribution in [0, 0.1) is 0 Å². The lowest BCUT2D eigenvalue weighted by Gasteiger charge is -2.38. The first-order chi connectivity index (χ1) is 10.8. The third-order valence-corrected chi connectivity index (χ3v) is 4.68. The Hall–Kier alpha value is -2.04. The van der Waals surface area contributed by atoms with Crippen molar-refractivity contribution in [2.45, 2.75) is 50.6 Å². The zero-order chi connectivity index (χ0) is 15.3. The minimum Gasteiger partial charge on any atom is -0.354 e. The third-order valence-electron chi connectivity index (χ3n) is 4.68. The number of nitrogens with zero attached hydrogens (tertiary/aromatic N) is 3. The van der Waals surface area contributed by atoms with E-state index >= 15 is 0 Å². The summed E-state index contributed by atoms with van der Waals surface area (Å²) in [5.74, 6) is 0.149. The van der Waals surface area contributed by atoms with Crippen LogP contribution in [0.5, 0.6) is 0 Å². The van der Waals surface area contributed by atoms with Crippen LogP contribution < -0.4 is 5.32 Å². The van der Waals surface area contributed by atoms with Gasteiger partial charge in [-0.15, -0.1) is 0 Å². The number of rotatable bonds is 6. The molecule has 2 aromatic rings. The molecule has 0 saturated heterocycles. The van der Waals surface area contributed by atoms with Crippen molar-refractivity contribution in [1.29, 1.82) is 0 Å². The molecule has 0 radical (unpaired) electrons. The second-order valence-electron chi connectivity index (χ2n) is 6.20. The summed E-state index contributed by atoms with van der Waals surface area (Å²) in [5, 5.41) is 3.05. The van der Waals surface area contributed by atoms with Gasteiger partial charge in [-0.3, -0.25) is 4.79 Å². The Morgan fingerprint density at radius 2 is 1.91 bits per heavy atom. The van der Waals surface area contributed by atoms with Crippen LogP contribution in [0.15, 0.2) is 43.2 Å². The number of hydrogen-bond acceptors (Lipinski definition) is 2. The molecular weight excluding hydrogens is 276 g/mol. The van der Waals surface area contributed by atoms with Crippen molar-refractivity contribution in [3.05, 3.63) is 43.2 Å². The second-order valence-corrected chi connectivity index (χ2v) is 6.20. The number of imidazole rings is 1. The van der Waals surface area contributed by atoms with Crippen molar-refractivity contribution in [2.75, 3.05) is 6.54 Å². The normalized spacial score (nSPS) is 17.3. The summed E-state index contributed by atoms with van der Waals surface area (Å²) in [6.07, 6.45) is 16.1. The smallest absolute Gasteiger partial charge is 0.222 e. The Labute approximate surface area is 131 Å². The molecule has 118 valence electrons. The predicted octanol–water partition coefficient (Wildman–Crippen LogP) is 2.55. The Morgan fingerprint density at radius 3 is 2.59 bits per heavy atom. The molecule has 0 aromatic carbocycles. The molecule has 0 bridgehead atoms. The highest BCUT2D eigenvalue weighted by molar-refractivity contribution is 5.76. The summed E-state index contributed by atoms with van der Waals surface area (Å²) < 4.78 is 4.23. The highest BCUT2D eigenvalue weighted by atomic mass is 16.1. The monoisotopic (exact) mass is 300 g/mol. The van der Waals surface area contributed by atoms with E-state index in [1.165, 1.54) is 19.3 Å². The molecule has 3 rings (SSSR count). The maximum atomic E-state index is 12.4. The average molecular weight is 300 g/mol. The molecule has 0 aliphatic heterocycles. The lowest BCUT2D eigenvalue weighted by Crippen LogP contribution is -2.41. The summed E-state index contributed by atoms with van der Waals surface area (Å²) in [6, 6.07) is 4.10. The molecule has 1 N–H and O–H groups in total. The van der Waals surface area contributed by atoms with Crippen molar-refractivity contribution in [3.63, 3.8) is 0 Å². The molecule has 5 heteroatoms. The second kappa shape index (κ2) is 6.81. The Balaban J connectivity index is 1.57. The number of carbonyl (C=O) groups is 1. The molecule has 2 aromatic heterocycles. The highest BCUT2D eigenvalue weighted by Gasteiger charge is 2.35. The molecule has 0 spiro atoms. The minimum absolute atomic E-state index is 0.0269. The fraction of sp³-hybridized carbons (Fsp3) is 0.529. The number of carbonyl (C=O) groups excluding carboxylic acids is 1. The fourth-order valence-electron chi connectivity index (χ4n) is 3.49. The van der Waals surface area contributed by atoms with Crippen molar-refractivity contribution < 1.29 is 4.79 Å². The van der Waals surface area contributed by atoms with Gasteiger partial charge in [0.1, 0.15) is 0 Å². The van der Waals surface area contributed by atoms with Crippen molar-refractivity contribution in [2.24, 2.45) is 0 Å². The quantitative estimate of drug-likeness (QED) is 0.891. The molecule has 1 fully saturated rings. The maximum Gasteiger partial charge on any atom is 0.222 e. The SMILES string of the molecule is O=C(CC1(n2cccc2)CCCCC1)NCCn1ccnc1. The topological polar surface area (TPSA) is 51.9 Å². The van der Waals surface area contributed by atoms with Crippen LogP contribution in [0.25, 0.3) is 0 Å². The first-order valence-corrected chi connectivity index (χ1v) is 8.14. The molecular formula is C17H24N4O. The van der Waals surface area contributed by atoms with Crippen LogP contribution in [-0.2, 0) is 16.9 Å². The van der Waals surface area contributed by atoms with Crippen LogP contribution in [0.4, 0.5) is 0 Å². The molecule has 22 heavy (non-hydrogen) atoms. The predicted molar refractivity (Wildman–Crippen MR) is 85.3 cm³/mol. The third kappa shape index (κ3) is 3.40. The molecule has 1 amide bonds. The van der Waals surface area contributed by atoms with E-state index in [0.717, 1.165) is 19.4 Å². The van der Waals surface area contributed by atoms with E-state index in [1.807, 2.05) is 22.9 Å². The van der Waals surface area contributed by atoms with Gasteiger partial charge in [0.05, 0.1) is 18.3 Å². The Morgan fingerprint density at radius 1 is 1.14 bits per heavy atom. The van der Waals surface area contributed by atoms with Gasteiger partial charge in [-0.25, -0.2) is 4.98 Å². The molecule has 1 saturated carbocycles.